The third-order valence-electron chi connectivity index (χ3n) is 1.47. The average Bonchev–Trinajstić information content (AvgIpc) is 2.05. The SMILES string of the molecule is COc1ccc(C[S@](N)=O)cc1. The molecule has 4 heteroatoms. The molecule has 0 bridgehead atoms. The Morgan fingerprint density at radius 2 is 2.00 bits per heavy atom. The van der Waals surface area contributed by atoms with Crippen molar-refractivity contribution in [3.05, 3.63) is 29.8 Å². The first-order valence-corrected chi connectivity index (χ1v) is 4.86. The van der Waals surface area contributed by atoms with E-state index in [1.807, 2.05) is 24.3 Å². The highest BCUT2D eigenvalue weighted by molar-refractivity contribution is 7.81. The van der Waals surface area contributed by atoms with Crippen LogP contribution in [0, 0.1) is 0 Å². The minimum absolute atomic E-state index is 0.393. The van der Waals surface area contributed by atoms with Crippen molar-refractivity contribution >= 4 is 11.0 Å². The van der Waals surface area contributed by atoms with E-state index in [0.717, 1.165) is 11.3 Å². The maximum absolute atomic E-state index is 10.6. The van der Waals surface area contributed by atoms with Crippen LogP contribution in [-0.4, -0.2) is 11.3 Å². The van der Waals surface area contributed by atoms with E-state index in [4.69, 9.17) is 9.88 Å². The van der Waals surface area contributed by atoms with E-state index in [1.165, 1.54) is 0 Å². The lowest BCUT2D eigenvalue weighted by atomic mass is 10.2. The predicted molar refractivity (Wildman–Crippen MR) is 49.0 cm³/mol. The molecule has 0 fully saturated rings. The average molecular weight is 185 g/mol. The van der Waals surface area contributed by atoms with E-state index in [2.05, 4.69) is 0 Å². The zero-order chi connectivity index (χ0) is 8.97. The Morgan fingerprint density at radius 1 is 1.42 bits per heavy atom. The number of nitrogens with two attached hydrogens (primary N) is 1. The van der Waals surface area contributed by atoms with E-state index >= 15 is 0 Å². The van der Waals surface area contributed by atoms with Crippen LogP contribution in [0.2, 0.25) is 0 Å². The third-order valence-corrected chi connectivity index (χ3v) is 2.09. The first-order chi connectivity index (χ1) is 5.72. The quantitative estimate of drug-likeness (QED) is 0.758. The van der Waals surface area contributed by atoms with Gasteiger partial charge < -0.3 is 4.74 Å². The summed E-state index contributed by atoms with van der Waals surface area (Å²) in [6.45, 7) is 0. The molecule has 0 spiro atoms. The van der Waals surface area contributed by atoms with Gasteiger partial charge in [-0.15, -0.1) is 0 Å². The van der Waals surface area contributed by atoms with Crippen molar-refractivity contribution < 1.29 is 8.95 Å². The molecule has 1 atom stereocenters. The molecule has 0 aliphatic heterocycles. The van der Waals surface area contributed by atoms with Gasteiger partial charge >= 0.3 is 0 Å². The van der Waals surface area contributed by atoms with Gasteiger partial charge in [0, 0.05) is 0 Å². The van der Waals surface area contributed by atoms with Gasteiger partial charge in [-0.2, -0.15) is 0 Å². The third kappa shape index (κ3) is 2.64. The van der Waals surface area contributed by atoms with Crippen LogP contribution >= 0.6 is 0 Å². The van der Waals surface area contributed by atoms with Gasteiger partial charge in [0.25, 0.3) is 0 Å². The van der Waals surface area contributed by atoms with E-state index in [-0.39, 0.29) is 0 Å². The minimum atomic E-state index is -1.27. The number of ether oxygens (including phenoxy) is 1. The van der Waals surface area contributed by atoms with Crippen LogP contribution in [0.15, 0.2) is 24.3 Å². The Morgan fingerprint density at radius 3 is 2.42 bits per heavy atom. The summed E-state index contributed by atoms with van der Waals surface area (Å²) in [5, 5.41) is 5.14. The van der Waals surface area contributed by atoms with Crippen LogP contribution in [0.3, 0.4) is 0 Å². The topological polar surface area (TPSA) is 52.3 Å². The Balaban J connectivity index is 2.71. The van der Waals surface area contributed by atoms with Crippen molar-refractivity contribution in [2.75, 3.05) is 7.11 Å². The van der Waals surface area contributed by atoms with Crippen LogP contribution in [-0.2, 0) is 16.7 Å². The van der Waals surface area contributed by atoms with Gasteiger partial charge in [-0.1, -0.05) is 12.1 Å². The number of rotatable bonds is 3. The summed E-state index contributed by atoms with van der Waals surface area (Å²) in [5.74, 6) is 1.19. The largest absolute Gasteiger partial charge is 0.497 e. The molecule has 0 heterocycles. The lowest BCUT2D eigenvalue weighted by molar-refractivity contribution is 0.414. The summed E-state index contributed by atoms with van der Waals surface area (Å²) >= 11 is 0. The molecule has 0 saturated carbocycles. The summed E-state index contributed by atoms with van der Waals surface area (Å²) in [5.41, 5.74) is 0.955. The Bertz CT molecular complexity index is 271. The van der Waals surface area contributed by atoms with Gasteiger partial charge in [-0.3, -0.25) is 5.14 Å². The van der Waals surface area contributed by atoms with Gasteiger partial charge in [-0.25, -0.2) is 4.21 Å². The van der Waals surface area contributed by atoms with Gasteiger partial charge in [0.15, 0.2) is 0 Å². The second-order valence-electron chi connectivity index (χ2n) is 2.37. The van der Waals surface area contributed by atoms with E-state index in [0.29, 0.717) is 5.75 Å². The molecular weight excluding hydrogens is 174 g/mol. The van der Waals surface area contributed by atoms with Crippen molar-refractivity contribution in [2.45, 2.75) is 5.75 Å². The normalized spacial score (nSPS) is 12.5. The second-order valence-corrected chi connectivity index (χ2v) is 3.42. The molecule has 1 aromatic carbocycles. The van der Waals surface area contributed by atoms with Gasteiger partial charge in [0.05, 0.1) is 23.8 Å². The van der Waals surface area contributed by atoms with Gasteiger partial charge in [0.1, 0.15) is 5.75 Å². The molecule has 1 aromatic rings. The van der Waals surface area contributed by atoms with Crippen LogP contribution in [0.4, 0.5) is 0 Å². The monoisotopic (exact) mass is 185 g/mol. The van der Waals surface area contributed by atoms with Crippen LogP contribution in [0.1, 0.15) is 5.56 Å². The standard InChI is InChI=1S/C8H11NO2S/c1-11-8-4-2-7(3-5-8)6-12(9)10/h2-5H,6,9H2,1H3/t12-/m1/s1. The van der Waals surface area contributed by atoms with Crippen molar-refractivity contribution in [3.63, 3.8) is 0 Å². The number of hydrogen-bond acceptors (Lipinski definition) is 2. The van der Waals surface area contributed by atoms with Gasteiger partial charge in [-0.05, 0) is 17.7 Å². The van der Waals surface area contributed by atoms with Crippen LogP contribution in [0.25, 0.3) is 0 Å². The van der Waals surface area contributed by atoms with Gasteiger partial charge in [0.2, 0.25) is 0 Å². The number of hydrogen-bond donors (Lipinski definition) is 1. The molecule has 0 unspecified atom stereocenters. The summed E-state index contributed by atoms with van der Waals surface area (Å²) in [6, 6.07) is 7.34. The molecule has 0 radical (unpaired) electrons. The van der Waals surface area contributed by atoms with Crippen LogP contribution in [0.5, 0.6) is 5.75 Å². The molecule has 12 heavy (non-hydrogen) atoms. The highest BCUT2D eigenvalue weighted by atomic mass is 32.2. The summed E-state index contributed by atoms with van der Waals surface area (Å²) < 4.78 is 15.6. The predicted octanol–water partition coefficient (Wildman–Crippen LogP) is 0.818. The fraction of sp³-hybridized carbons (Fsp3) is 0.250. The molecule has 2 N–H and O–H groups in total. The lowest BCUT2D eigenvalue weighted by Crippen LogP contribution is -2.04. The molecule has 0 aliphatic carbocycles. The smallest absolute Gasteiger partial charge is 0.118 e. The zero-order valence-corrected chi connectivity index (χ0v) is 7.64. The summed E-state index contributed by atoms with van der Waals surface area (Å²) in [7, 11) is 0.341. The maximum atomic E-state index is 10.6. The van der Waals surface area contributed by atoms with Crippen molar-refractivity contribution in [1.82, 2.24) is 0 Å². The first-order valence-electron chi connectivity index (χ1n) is 3.48. The first kappa shape index (κ1) is 9.22. The maximum Gasteiger partial charge on any atom is 0.118 e. The fourth-order valence-electron chi connectivity index (χ4n) is 0.886. The Kier molecular flexibility index (Phi) is 3.25. The molecule has 3 nitrogen and oxygen atoms in total. The van der Waals surface area contributed by atoms with Crippen molar-refractivity contribution in [2.24, 2.45) is 5.14 Å². The highest BCUT2D eigenvalue weighted by Crippen LogP contribution is 2.11. The molecule has 0 amide bonds. The van der Waals surface area contributed by atoms with E-state index in [1.54, 1.807) is 7.11 Å². The number of benzene rings is 1. The summed E-state index contributed by atoms with van der Waals surface area (Å²) in [6.07, 6.45) is 0. The highest BCUT2D eigenvalue weighted by Gasteiger charge is 1.96. The molecule has 0 saturated heterocycles. The van der Waals surface area contributed by atoms with E-state index in [9.17, 15) is 4.21 Å². The summed E-state index contributed by atoms with van der Waals surface area (Å²) in [4.78, 5) is 0. The van der Waals surface area contributed by atoms with E-state index < -0.39 is 11.0 Å². The second kappa shape index (κ2) is 4.23. The minimum Gasteiger partial charge on any atom is -0.497 e. The Labute approximate surface area is 74.1 Å². The molecule has 0 aromatic heterocycles. The zero-order valence-electron chi connectivity index (χ0n) is 6.82. The van der Waals surface area contributed by atoms with Crippen molar-refractivity contribution in [3.8, 4) is 5.75 Å². The lowest BCUT2D eigenvalue weighted by Gasteiger charge is -2.00. The van der Waals surface area contributed by atoms with Crippen molar-refractivity contribution in [1.29, 1.82) is 0 Å². The molecule has 0 aliphatic rings. The number of methoxy groups -OCH3 is 1. The Hall–Kier alpha value is -0.870. The fourth-order valence-corrected chi connectivity index (χ4v) is 1.41. The molecule has 1 rings (SSSR count). The molecule has 66 valence electrons. The van der Waals surface area contributed by atoms with Crippen LogP contribution < -0.4 is 9.88 Å². The molecular formula is C8H11NO2S.